The van der Waals surface area contributed by atoms with Crippen LogP contribution in [0.15, 0.2) is 60.9 Å². The molecule has 0 bridgehead atoms. The van der Waals surface area contributed by atoms with Crippen molar-refractivity contribution in [2.75, 3.05) is 5.32 Å². The number of carbonyl (C=O) groups excluding carboxylic acids is 1. The molecule has 0 aliphatic heterocycles. The van der Waals surface area contributed by atoms with Crippen LogP contribution in [0.2, 0.25) is 5.02 Å². The van der Waals surface area contributed by atoms with E-state index in [2.05, 4.69) is 15.3 Å². The fourth-order valence-corrected chi connectivity index (χ4v) is 2.65. The number of hydrogen-bond acceptors (Lipinski definition) is 4. The molecule has 3 rings (SSSR count). The van der Waals surface area contributed by atoms with Crippen LogP contribution in [0.1, 0.15) is 16.7 Å². The van der Waals surface area contributed by atoms with Gasteiger partial charge in [0.15, 0.2) is 0 Å². The molecule has 0 fully saturated rings. The topological polar surface area (TPSA) is 64.1 Å². The van der Waals surface area contributed by atoms with Crippen LogP contribution in [-0.4, -0.2) is 15.9 Å². The first-order valence-electron chi connectivity index (χ1n) is 8.64. The third-order valence-corrected chi connectivity index (χ3v) is 4.29. The van der Waals surface area contributed by atoms with Crippen LogP contribution in [0.3, 0.4) is 0 Å². The molecule has 154 valence electrons. The van der Waals surface area contributed by atoms with Gasteiger partial charge in [-0.15, -0.1) is 0 Å². The maximum atomic E-state index is 12.8. The van der Waals surface area contributed by atoms with Crippen molar-refractivity contribution in [3.63, 3.8) is 0 Å². The zero-order valence-electron chi connectivity index (χ0n) is 15.6. The first kappa shape index (κ1) is 21.3. The van der Waals surface area contributed by atoms with Crippen molar-refractivity contribution in [1.29, 1.82) is 0 Å². The van der Waals surface area contributed by atoms with Gasteiger partial charge in [0.2, 0.25) is 5.91 Å². The highest BCUT2D eigenvalue weighted by molar-refractivity contribution is 6.32. The van der Waals surface area contributed by atoms with Crippen molar-refractivity contribution in [3.05, 3.63) is 82.6 Å². The molecule has 0 atom stereocenters. The number of halogens is 4. The van der Waals surface area contributed by atoms with Gasteiger partial charge in [-0.2, -0.15) is 13.2 Å². The predicted octanol–water partition coefficient (Wildman–Crippen LogP) is 5.90. The molecule has 0 saturated heterocycles. The zero-order chi connectivity index (χ0) is 21.7. The molecule has 9 heteroatoms. The Morgan fingerprint density at radius 2 is 1.87 bits per heavy atom. The van der Waals surface area contributed by atoms with Gasteiger partial charge in [-0.3, -0.25) is 4.79 Å². The summed E-state index contributed by atoms with van der Waals surface area (Å²) in [5, 5.41) is 2.76. The van der Waals surface area contributed by atoms with E-state index in [1.54, 1.807) is 43.6 Å². The van der Waals surface area contributed by atoms with Gasteiger partial charge in [0, 0.05) is 29.2 Å². The standard InChI is InChI=1S/C21H15ClF3N3O2/c1-13-11-16(30-20-26-9-2-10-27-20)5-7-18(13)28-19(29)8-3-14-12-15(21(23,24)25)4-6-17(14)22/h2-12H,1H3,(H,28,29)/b8-3+. The number of amides is 1. The summed E-state index contributed by atoms with van der Waals surface area (Å²) in [6, 6.07) is 9.72. The maximum absolute atomic E-state index is 12.8. The van der Waals surface area contributed by atoms with Gasteiger partial charge < -0.3 is 10.1 Å². The van der Waals surface area contributed by atoms with Gasteiger partial charge in [0.05, 0.1) is 5.56 Å². The SMILES string of the molecule is Cc1cc(Oc2ncccn2)ccc1NC(=O)/C=C/c1cc(C(F)(F)F)ccc1Cl. The third kappa shape index (κ3) is 5.57. The highest BCUT2D eigenvalue weighted by atomic mass is 35.5. The van der Waals surface area contributed by atoms with E-state index in [0.29, 0.717) is 17.0 Å². The average molecular weight is 434 g/mol. The Labute approximate surface area is 175 Å². The van der Waals surface area contributed by atoms with E-state index in [1.165, 1.54) is 6.08 Å². The second kappa shape index (κ2) is 8.96. The molecule has 0 saturated carbocycles. The highest BCUT2D eigenvalue weighted by Crippen LogP contribution is 2.32. The van der Waals surface area contributed by atoms with Gasteiger partial charge in [-0.05, 0) is 66.6 Å². The van der Waals surface area contributed by atoms with E-state index < -0.39 is 17.6 Å². The third-order valence-electron chi connectivity index (χ3n) is 3.94. The number of benzene rings is 2. The van der Waals surface area contributed by atoms with Gasteiger partial charge in [-0.1, -0.05) is 11.6 Å². The Balaban J connectivity index is 1.69. The summed E-state index contributed by atoms with van der Waals surface area (Å²) in [5.74, 6) is -0.0328. The van der Waals surface area contributed by atoms with Crippen molar-refractivity contribution >= 4 is 29.3 Å². The largest absolute Gasteiger partial charge is 0.424 e. The molecule has 1 heterocycles. The summed E-state index contributed by atoms with van der Waals surface area (Å²) in [7, 11) is 0. The molecule has 2 aromatic carbocycles. The molecular weight excluding hydrogens is 419 g/mol. The number of hydrogen-bond donors (Lipinski definition) is 1. The van der Waals surface area contributed by atoms with Crippen LogP contribution in [0.4, 0.5) is 18.9 Å². The van der Waals surface area contributed by atoms with Crippen LogP contribution in [0.25, 0.3) is 6.08 Å². The second-order valence-corrected chi connectivity index (χ2v) is 6.57. The Bertz CT molecular complexity index is 1090. The lowest BCUT2D eigenvalue weighted by Gasteiger charge is -2.10. The zero-order valence-corrected chi connectivity index (χ0v) is 16.3. The number of alkyl halides is 3. The van der Waals surface area contributed by atoms with Gasteiger partial charge in [-0.25, -0.2) is 9.97 Å². The minimum absolute atomic E-state index is 0.0879. The molecule has 1 amide bonds. The Kier molecular flexibility index (Phi) is 6.37. The number of aromatic nitrogens is 2. The number of aryl methyl sites for hydroxylation is 1. The smallest absolute Gasteiger partial charge is 0.416 e. The Hall–Kier alpha value is -3.39. The van der Waals surface area contributed by atoms with E-state index in [4.69, 9.17) is 16.3 Å². The van der Waals surface area contributed by atoms with E-state index in [1.807, 2.05) is 0 Å². The monoisotopic (exact) mass is 433 g/mol. The average Bonchev–Trinajstić information content (AvgIpc) is 2.69. The fourth-order valence-electron chi connectivity index (χ4n) is 2.47. The summed E-state index contributed by atoms with van der Waals surface area (Å²) in [5.41, 5.74) is 0.467. The van der Waals surface area contributed by atoms with Crippen LogP contribution < -0.4 is 10.1 Å². The van der Waals surface area contributed by atoms with Crippen LogP contribution in [-0.2, 0) is 11.0 Å². The lowest BCUT2D eigenvalue weighted by molar-refractivity contribution is -0.137. The quantitative estimate of drug-likeness (QED) is 0.509. The summed E-state index contributed by atoms with van der Waals surface area (Å²) in [6.07, 6.45) is 0.941. The maximum Gasteiger partial charge on any atom is 0.416 e. The Morgan fingerprint density at radius 3 is 2.53 bits per heavy atom. The molecule has 1 N–H and O–H groups in total. The molecule has 0 unspecified atom stereocenters. The first-order valence-corrected chi connectivity index (χ1v) is 9.01. The second-order valence-electron chi connectivity index (χ2n) is 6.17. The van der Waals surface area contributed by atoms with E-state index in [0.717, 1.165) is 24.3 Å². The van der Waals surface area contributed by atoms with Crippen molar-refractivity contribution in [2.24, 2.45) is 0 Å². The molecule has 0 aliphatic rings. The fraction of sp³-hybridized carbons (Fsp3) is 0.0952. The molecule has 0 aliphatic carbocycles. The number of rotatable bonds is 5. The van der Waals surface area contributed by atoms with Gasteiger partial charge in [0.1, 0.15) is 5.75 Å². The molecule has 1 aromatic heterocycles. The van der Waals surface area contributed by atoms with Gasteiger partial charge >= 0.3 is 12.2 Å². The lowest BCUT2D eigenvalue weighted by atomic mass is 10.1. The summed E-state index contributed by atoms with van der Waals surface area (Å²) in [6.45, 7) is 1.77. The van der Waals surface area contributed by atoms with Crippen LogP contribution in [0.5, 0.6) is 11.8 Å². The summed E-state index contributed by atoms with van der Waals surface area (Å²) >= 11 is 5.92. The van der Waals surface area contributed by atoms with Crippen molar-refractivity contribution in [3.8, 4) is 11.8 Å². The van der Waals surface area contributed by atoms with E-state index in [9.17, 15) is 18.0 Å². The molecule has 3 aromatic rings. The minimum atomic E-state index is -4.50. The number of anilines is 1. The first-order chi connectivity index (χ1) is 14.2. The van der Waals surface area contributed by atoms with Crippen molar-refractivity contribution in [1.82, 2.24) is 9.97 Å². The summed E-state index contributed by atoms with van der Waals surface area (Å²) < 4.78 is 44.0. The number of carbonyl (C=O) groups is 1. The van der Waals surface area contributed by atoms with Crippen LogP contribution >= 0.6 is 11.6 Å². The molecule has 30 heavy (non-hydrogen) atoms. The number of nitrogens with zero attached hydrogens (tertiary/aromatic N) is 2. The Morgan fingerprint density at radius 1 is 1.13 bits per heavy atom. The van der Waals surface area contributed by atoms with Crippen LogP contribution in [0, 0.1) is 6.92 Å². The predicted molar refractivity (Wildman–Crippen MR) is 107 cm³/mol. The normalized spacial score (nSPS) is 11.5. The molecule has 0 radical (unpaired) electrons. The molecular formula is C21H15ClF3N3O2. The molecule has 0 spiro atoms. The number of ether oxygens (including phenoxy) is 1. The number of nitrogens with one attached hydrogen (secondary N) is 1. The minimum Gasteiger partial charge on any atom is -0.424 e. The van der Waals surface area contributed by atoms with Crippen molar-refractivity contribution in [2.45, 2.75) is 13.1 Å². The van der Waals surface area contributed by atoms with Crippen molar-refractivity contribution < 1.29 is 22.7 Å². The summed E-state index contributed by atoms with van der Waals surface area (Å²) in [4.78, 5) is 20.1. The molecule has 5 nitrogen and oxygen atoms in total. The van der Waals surface area contributed by atoms with Gasteiger partial charge in [0.25, 0.3) is 0 Å². The highest BCUT2D eigenvalue weighted by Gasteiger charge is 2.30. The lowest BCUT2D eigenvalue weighted by Crippen LogP contribution is -2.09. The van der Waals surface area contributed by atoms with E-state index in [-0.39, 0.29) is 16.6 Å². The van der Waals surface area contributed by atoms with E-state index >= 15 is 0 Å².